The summed E-state index contributed by atoms with van der Waals surface area (Å²) in [7, 11) is 1.83. The van der Waals surface area contributed by atoms with Crippen LogP contribution in [0.1, 0.15) is 24.1 Å². The van der Waals surface area contributed by atoms with Gasteiger partial charge in [0.1, 0.15) is 0 Å². The summed E-state index contributed by atoms with van der Waals surface area (Å²) in [6.45, 7) is 6.15. The second-order valence-electron chi connectivity index (χ2n) is 7.41. The van der Waals surface area contributed by atoms with Gasteiger partial charge in [0.05, 0.1) is 6.54 Å². The summed E-state index contributed by atoms with van der Waals surface area (Å²) in [5, 5.41) is 0. The summed E-state index contributed by atoms with van der Waals surface area (Å²) in [5.41, 5.74) is 1.93. The Kier molecular flexibility index (Phi) is 6.75. The maximum absolute atomic E-state index is 13.5. The lowest BCUT2D eigenvalue weighted by molar-refractivity contribution is -0.134. The van der Waals surface area contributed by atoms with Gasteiger partial charge in [-0.1, -0.05) is 36.4 Å². The molecule has 28 heavy (non-hydrogen) atoms. The zero-order valence-electron chi connectivity index (χ0n) is 16.4. The second-order valence-corrected chi connectivity index (χ2v) is 7.41. The molecule has 1 aliphatic heterocycles. The number of carbonyl (C=O) groups is 1. The van der Waals surface area contributed by atoms with Crippen molar-refractivity contribution in [3.63, 3.8) is 0 Å². The molecule has 1 atom stereocenters. The average molecular weight is 387 g/mol. The van der Waals surface area contributed by atoms with Crippen molar-refractivity contribution in [3.8, 4) is 0 Å². The molecule has 0 bridgehead atoms. The van der Waals surface area contributed by atoms with Gasteiger partial charge in [-0.15, -0.1) is 0 Å². The van der Waals surface area contributed by atoms with Gasteiger partial charge in [-0.2, -0.15) is 0 Å². The number of hydrogen-bond acceptors (Lipinski definition) is 3. The normalized spacial score (nSPS) is 16.4. The number of benzene rings is 2. The molecule has 2 aromatic rings. The lowest BCUT2D eigenvalue weighted by atomic mass is 10.1. The van der Waals surface area contributed by atoms with Crippen LogP contribution >= 0.6 is 0 Å². The lowest BCUT2D eigenvalue weighted by Crippen LogP contribution is -2.50. The number of nitrogens with zero attached hydrogens (tertiary/aromatic N) is 3. The lowest BCUT2D eigenvalue weighted by Gasteiger charge is -2.36. The van der Waals surface area contributed by atoms with Crippen LogP contribution in [0.5, 0.6) is 0 Å². The predicted molar refractivity (Wildman–Crippen MR) is 106 cm³/mol. The van der Waals surface area contributed by atoms with Gasteiger partial charge in [-0.05, 0) is 37.2 Å². The van der Waals surface area contributed by atoms with E-state index in [1.165, 1.54) is 11.6 Å². The molecule has 0 aliphatic carbocycles. The van der Waals surface area contributed by atoms with E-state index >= 15 is 0 Å². The molecule has 150 valence electrons. The van der Waals surface area contributed by atoms with Crippen LogP contribution in [0.4, 0.5) is 8.78 Å². The van der Waals surface area contributed by atoms with Gasteiger partial charge in [0.2, 0.25) is 5.91 Å². The van der Waals surface area contributed by atoms with Gasteiger partial charge >= 0.3 is 0 Å². The molecule has 2 aromatic carbocycles. The zero-order chi connectivity index (χ0) is 20.1. The molecule has 1 unspecified atom stereocenters. The number of likely N-dealkylation sites (N-methyl/N-ethyl adjacent to an activating group) is 1. The minimum absolute atomic E-state index is 0.0660. The van der Waals surface area contributed by atoms with Crippen LogP contribution in [0.15, 0.2) is 48.5 Å². The Hall–Kier alpha value is -2.31. The third-order valence-corrected chi connectivity index (χ3v) is 5.45. The monoisotopic (exact) mass is 387 g/mol. The maximum atomic E-state index is 13.5. The Balaban J connectivity index is 1.48. The molecule has 0 aromatic heterocycles. The largest absolute Gasteiger partial charge is 0.339 e. The number of carbonyl (C=O) groups excluding carboxylic acids is 1. The summed E-state index contributed by atoms with van der Waals surface area (Å²) in [6.07, 6.45) is 0. The van der Waals surface area contributed by atoms with Crippen molar-refractivity contribution in [2.24, 2.45) is 0 Å². The third kappa shape index (κ3) is 5.14. The Morgan fingerprint density at radius 1 is 1.04 bits per heavy atom. The van der Waals surface area contributed by atoms with Crippen molar-refractivity contribution >= 4 is 5.91 Å². The van der Waals surface area contributed by atoms with Gasteiger partial charge in [0.15, 0.2) is 11.6 Å². The summed E-state index contributed by atoms with van der Waals surface area (Å²) in [5.74, 6) is -1.65. The standard InChI is InChI=1S/C22H27F2N3O/c1-17(19-8-9-20(23)21(24)14-19)25(2)16-22(28)27-12-10-26(11-13-27)15-18-6-4-3-5-7-18/h3-9,14,17H,10-13,15-16H2,1-2H3. The SMILES string of the molecule is CC(c1ccc(F)c(F)c1)N(C)CC(=O)N1CCN(Cc2ccccc2)CC1. The van der Waals surface area contributed by atoms with E-state index in [4.69, 9.17) is 0 Å². The number of halogens is 2. The van der Waals surface area contributed by atoms with Crippen LogP contribution in [0.2, 0.25) is 0 Å². The van der Waals surface area contributed by atoms with E-state index in [1.54, 1.807) is 6.07 Å². The summed E-state index contributed by atoms with van der Waals surface area (Å²) in [4.78, 5) is 18.8. The van der Waals surface area contributed by atoms with Gasteiger partial charge in [0, 0.05) is 38.8 Å². The van der Waals surface area contributed by atoms with Crippen LogP contribution in [0.3, 0.4) is 0 Å². The van der Waals surface area contributed by atoms with Crippen molar-refractivity contribution in [3.05, 3.63) is 71.3 Å². The van der Waals surface area contributed by atoms with Crippen LogP contribution in [0.25, 0.3) is 0 Å². The number of rotatable bonds is 6. The highest BCUT2D eigenvalue weighted by atomic mass is 19.2. The minimum atomic E-state index is -0.862. The molecule has 0 N–H and O–H groups in total. The number of hydrogen-bond donors (Lipinski definition) is 0. The fourth-order valence-corrected chi connectivity index (χ4v) is 3.47. The molecular weight excluding hydrogens is 360 g/mol. The molecule has 3 rings (SSSR count). The minimum Gasteiger partial charge on any atom is -0.339 e. The summed E-state index contributed by atoms with van der Waals surface area (Å²) in [6, 6.07) is 14.0. The number of amides is 1. The molecule has 4 nitrogen and oxygen atoms in total. The van der Waals surface area contributed by atoms with E-state index in [-0.39, 0.29) is 18.5 Å². The van der Waals surface area contributed by atoms with E-state index in [1.807, 2.05) is 42.0 Å². The highest BCUT2D eigenvalue weighted by Gasteiger charge is 2.24. The van der Waals surface area contributed by atoms with Crippen LogP contribution < -0.4 is 0 Å². The third-order valence-electron chi connectivity index (χ3n) is 5.45. The molecule has 0 radical (unpaired) electrons. The molecule has 1 aliphatic rings. The van der Waals surface area contributed by atoms with Gasteiger partial charge in [-0.3, -0.25) is 14.6 Å². The van der Waals surface area contributed by atoms with Gasteiger partial charge in [-0.25, -0.2) is 8.78 Å². The van der Waals surface area contributed by atoms with Crippen molar-refractivity contribution in [2.75, 3.05) is 39.8 Å². The first-order chi connectivity index (χ1) is 13.4. The van der Waals surface area contributed by atoms with Crippen LogP contribution in [0, 0.1) is 11.6 Å². The zero-order valence-corrected chi connectivity index (χ0v) is 16.4. The molecule has 1 saturated heterocycles. The van der Waals surface area contributed by atoms with E-state index in [0.717, 1.165) is 25.7 Å². The van der Waals surface area contributed by atoms with E-state index in [2.05, 4.69) is 17.0 Å². The Labute approximate surface area is 165 Å². The molecular formula is C22H27F2N3O. The molecule has 1 heterocycles. The molecule has 1 amide bonds. The fraction of sp³-hybridized carbons (Fsp3) is 0.409. The molecule has 0 spiro atoms. The van der Waals surface area contributed by atoms with Crippen LogP contribution in [-0.2, 0) is 11.3 Å². The summed E-state index contributed by atoms with van der Waals surface area (Å²) >= 11 is 0. The molecule has 1 fully saturated rings. The highest BCUT2D eigenvalue weighted by molar-refractivity contribution is 5.78. The number of piperazine rings is 1. The van der Waals surface area contributed by atoms with Gasteiger partial charge < -0.3 is 4.90 Å². The first-order valence-corrected chi connectivity index (χ1v) is 9.63. The smallest absolute Gasteiger partial charge is 0.236 e. The summed E-state index contributed by atoms with van der Waals surface area (Å²) < 4.78 is 26.6. The topological polar surface area (TPSA) is 26.8 Å². The molecule has 0 saturated carbocycles. The Morgan fingerprint density at radius 3 is 2.36 bits per heavy atom. The first-order valence-electron chi connectivity index (χ1n) is 9.63. The predicted octanol–water partition coefficient (Wildman–Crippen LogP) is 3.30. The maximum Gasteiger partial charge on any atom is 0.236 e. The fourth-order valence-electron chi connectivity index (χ4n) is 3.47. The van der Waals surface area contributed by atoms with Crippen molar-refractivity contribution in [1.82, 2.24) is 14.7 Å². The highest BCUT2D eigenvalue weighted by Crippen LogP contribution is 2.21. The average Bonchev–Trinajstić information content (AvgIpc) is 2.70. The quantitative estimate of drug-likeness (QED) is 0.761. The van der Waals surface area contributed by atoms with Gasteiger partial charge in [0.25, 0.3) is 0 Å². The Bertz CT molecular complexity index is 792. The Morgan fingerprint density at radius 2 is 1.71 bits per heavy atom. The van der Waals surface area contributed by atoms with Crippen LogP contribution in [-0.4, -0.2) is 60.4 Å². The van der Waals surface area contributed by atoms with Crippen molar-refractivity contribution in [1.29, 1.82) is 0 Å². The van der Waals surface area contributed by atoms with E-state index < -0.39 is 11.6 Å². The van der Waals surface area contributed by atoms with Crippen molar-refractivity contribution in [2.45, 2.75) is 19.5 Å². The van der Waals surface area contributed by atoms with E-state index in [0.29, 0.717) is 18.7 Å². The first kappa shape index (κ1) is 20.4. The second kappa shape index (κ2) is 9.26. The van der Waals surface area contributed by atoms with Crippen molar-refractivity contribution < 1.29 is 13.6 Å². The molecule has 6 heteroatoms. The van der Waals surface area contributed by atoms with E-state index in [9.17, 15) is 13.6 Å².